The van der Waals surface area contributed by atoms with Gasteiger partial charge in [0.15, 0.2) is 0 Å². The van der Waals surface area contributed by atoms with Gasteiger partial charge in [0.2, 0.25) is 5.91 Å². The van der Waals surface area contributed by atoms with Crippen molar-refractivity contribution >= 4 is 5.91 Å². The Morgan fingerprint density at radius 1 is 1.50 bits per heavy atom. The molecule has 1 heterocycles. The van der Waals surface area contributed by atoms with Crippen LogP contribution in [0, 0.1) is 5.92 Å². The predicted molar refractivity (Wildman–Crippen MR) is 48.9 cm³/mol. The number of carbonyl (C=O) groups is 1. The van der Waals surface area contributed by atoms with Gasteiger partial charge in [-0.15, -0.1) is 0 Å². The Morgan fingerprint density at radius 2 is 2.08 bits per heavy atom. The van der Waals surface area contributed by atoms with Gasteiger partial charge in [-0.3, -0.25) is 10.1 Å². The number of piperazine rings is 1. The molecule has 3 heteroatoms. The van der Waals surface area contributed by atoms with Gasteiger partial charge < -0.3 is 5.32 Å². The quantitative estimate of drug-likeness (QED) is 0.602. The third-order valence-corrected chi connectivity index (χ3v) is 2.20. The Hall–Kier alpha value is -0.570. The van der Waals surface area contributed by atoms with Crippen molar-refractivity contribution in [3.8, 4) is 0 Å². The first-order valence-electron chi connectivity index (χ1n) is 4.48. The van der Waals surface area contributed by atoms with Crippen LogP contribution in [-0.4, -0.2) is 24.0 Å². The maximum absolute atomic E-state index is 11.3. The lowest BCUT2D eigenvalue weighted by Crippen LogP contribution is -2.65. The Bertz CT molecular complexity index is 187. The molecule has 1 fully saturated rings. The van der Waals surface area contributed by atoms with Crippen molar-refractivity contribution in [2.45, 2.75) is 39.3 Å². The number of nitrogens with one attached hydrogen (secondary N) is 2. The topological polar surface area (TPSA) is 41.1 Å². The summed E-state index contributed by atoms with van der Waals surface area (Å²) in [6.07, 6.45) is 0. The Balaban J connectivity index is 2.66. The molecule has 0 unspecified atom stereocenters. The summed E-state index contributed by atoms with van der Waals surface area (Å²) in [7, 11) is 0. The first-order chi connectivity index (χ1) is 5.42. The first kappa shape index (κ1) is 9.52. The summed E-state index contributed by atoms with van der Waals surface area (Å²) in [5.74, 6) is 0.480. The van der Waals surface area contributed by atoms with Crippen molar-refractivity contribution in [1.82, 2.24) is 10.6 Å². The zero-order valence-corrected chi connectivity index (χ0v) is 8.27. The molecule has 12 heavy (non-hydrogen) atoms. The molecule has 70 valence electrons. The molecule has 0 aromatic carbocycles. The van der Waals surface area contributed by atoms with E-state index in [1.165, 1.54) is 0 Å². The molecule has 1 aliphatic heterocycles. The molecule has 1 atom stereocenters. The van der Waals surface area contributed by atoms with Crippen LogP contribution in [0.2, 0.25) is 0 Å². The molecule has 0 radical (unpaired) electrons. The van der Waals surface area contributed by atoms with Crippen molar-refractivity contribution in [3.05, 3.63) is 0 Å². The molecule has 0 bridgehead atoms. The maximum atomic E-state index is 11.3. The van der Waals surface area contributed by atoms with Gasteiger partial charge in [0, 0.05) is 12.1 Å². The summed E-state index contributed by atoms with van der Waals surface area (Å²) >= 11 is 0. The van der Waals surface area contributed by atoms with Crippen molar-refractivity contribution in [2.75, 3.05) is 6.54 Å². The van der Waals surface area contributed by atoms with Gasteiger partial charge in [-0.05, 0) is 19.8 Å². The third-order valence-electron chi connectivity index (χ3n) is 2.20. The van der Waals surface area contributed by atoms with E-state index in [2.05, 4.69) is 38.3 Å². The number of hydrogen-bond acceptors (Lipinski definition) is 2. The van der Waals surface area contributed by atoms with E-state index in [9.17, 15) is 4.79 Å². The zero-order valence-electron chi connectivity index (χ0n) is 8.27. The van der Waals surface area contributed by atoms with Crippen LogP contribution in [0.1, 0.15) is 27.7 Å². The van der Waals surface area contributed by atoms with Crippen molar-refractivity contribution in [1.29, 1.82) is 0 Å². The van der Waals surface area contributed by atoms with Gasteiger partial charge in [-0.1, -0.05) is 13.8 Å². The second-order valence-electron chi connectivity index (χ2n) is 4.47. The van der Waals surface area contributed by atoms with Crippen LogP contribution in [0.15, 0.2) is 0 Å². The van der Waals surface area contributed by atoms with E-state index in [0.29, 0.717) is 5.92 Å². The molecule has 2 N–H and O–H groups in total. The van der Waals surface area contributed by atoms with E-state index in [1.54, 1.807) is 0 Å². The van der Waals surface area contributed by atoms with Gasteiger partial charge in [-0.2, -0.15) is 0 Å². The molecule has 1 rings (SSSR count). The fraction of sp³-hybridized carbons (Fsp3) is 0.889. The summed E-state index contributed by atoms with van der Waals surface area (Å²) in [4.78, 5) is 11.3. The van der Waals surface area contributed by atoms with Gasteiger partial charge in [0.25, 0.3) is 0 Å². The zero-order chi connectivity index (χ0) is 9.35. The smallest absolute Gasteiger partial charge is 0.237 e. The standard InChI is InChI=1S/C9H18N2O/c1-6(2)7-8(12)10-5-9(3,4)11-7/h6-7,11H,5H2,1-4H3,(H,10,12)/t7-/m0/s1. The average Bonchev–Trinajstić information content (AvgIpc) is 1.94. The molecule has 1 amide bonds. The van der Waals surface area contributed by atoms with Crippen LogP contribution >= 0.6 is 0 Å². The van der Waals surface area contributed by atoms with Gasteiger partial charge in [-0.25, -0.2) is 0 Å². The number of carbonyl (C=O) groups excluding carboxylic acids is 1. The fourth-order valence-corrected chi connectivity index (χ4v) is 1.42. The lowest BCUT2D eigenvalue weighted by molar-refractivity contribution is -0.127. The Morgan fingerprint density at radius 3 is 2.50 bits per heavy atom. The highest BCUT2D eigenvalue weighted by molar-refractivity contribution is 5.83. The van der Waals surface area contributed by atoms with E-state index in [1.807, 2.05) is 0 Å². The van der Waals surface area contributed by atoms with E-state index in [4.69, 9.17) is 0 Å². The first-order valence-corrected chi connectivity index (χ1v) is 4.48. The highest BCUT2D eigenvalue weighted by Crippen LogP contribution is 2.12. The molecule has 1 saturated heterocycles. The molecular weight excluding hydrogens is 152 g/mol. The van der Waals surface area contributed by atoms with E-state index in [0.717, 1.165) is 6.54 Å². The summed E-state index contributed by atoms with van der Waals surface area (Å²) in [6, 6.07) is -0.0336. The van der Waals surface area contributed by atoms with Gasteiger partial charge >= 0.3 is 0 Å². The minimum atomic E-state index is -0.0336. The lowest BCUT2D eigenvalue weighted by Gasteiger charge is -2.38. The number of amides is 1. The van der Waals surface area contributed by atoms with E-state index < -0.39 is 0 Å². The molecule has 1 aliphatic rings. The summed E-state index contributed by atoms with van der Waals surface area (Å²) < 4.78 is 0. The van der Waals surface area contributed by atoms with Crippen LogP contribution in [0.5, 0.6) is 0 Å². The van der Waals surface area contributed by atoms with Crippen LogP contribution in [-0.2, 0) is 4.79 Å². The minimum absolute atomic E-state index is 0.0306. The molecule has 0 spiro atoms. The molecule has 0 aliphatic carbocycles. The SMILES string of the molecule is CC(C)[C@@H]1NC(C)(C)CNC1=O. The van der Waals surface area contributed by atoms with Gasteiger partial charge in [0.05, 0.1) is 6.04 Å². The minimum Gasteiger partial charge on any atom is -0.353 e. The Kier molecular flexibility index (Phi) is 2.42. The summed E-state index contributed by atoms with van der Waals surface area (Å²) in [5.41, 5.74) is 0.0306. The second kappa shape index (κ2) is 3.05. The Labute approximate surface area is 73.9 Å². The lowest BCUT2D eigenvalue weighted by atomic mass is 9.94. The monoisotopic (exact) mass is 170 g/mol. The second-order valence-corrected chi connectivity index (χ2v) is 4.47. The third kappa shape index (κ3) is 1.97. The molecular formula is C9H18N2O. The van der Waals surface area contributed by atoms with Crippen molar-refractivity contribution in [2.24, 2.45) is 5.92 Å². The molecule has 0 saturated carbocycles. The summed E-state index contributed by atoms with van der Waals surface area (Å²) in [5, 5.41) is 6.23. The summed E-state index contributed by atoms with van der Waals surface area (Å²) in [6.45, 7) is 9.02. The van der Waals surface area contributed by atoms with Crippen molar-refractivity contribution in [3.63, 3.8) is 0 Å². The largest absolute Gasteiger partial charge is 0.353 e. The van der Waals surface area contributed by atoms with Crippen LogP contribution in [0.4, 0.5) is 0 Å². The number of rotatable bonds is 1. The average molecular weight is 170 g/mol. The normalized spacial score (nSPS) is 28.8. The highest BCUT2D eigenvalue weighted by atomic mass is 16.2. The van der Waals surface area contributed by atoms with Gasteiger partial charge in [0.1, 0.15) is 0 Å². The van der Waals surface area contributed by atoms with Crippen LogP contribution in [0.25, 0.3) is 0 Å². The van der Waals surface area contributed by atoms with Crippen LogP contribution in [0.3, 0.4) is 0 Å². The van der Waals surface area contributed by atoms with Crippen molar-refractivity contribution < 1.29 is 4.79 Å². The number of hydrogen-bond donors (Lipinski definition) is 2. The van der Waals surface area contributed by atoms with E-state index >= 15 is 0 Å². The maximum Gasteiger partial charge on any atom is 0.237 e. The fourth-order valence-electron chi connectivity index (χ4n) is 1.42. The van der Waals surface area contributed by atoms with E-state index in [-0.39, 0.29) is 17.5 Å². The molecule has 0 aromatic heterocycles. The highest BCUT2D eigenvalue weighted by Gasteiger charge is 2.33. The molecule has 3 nitrogen and oxygen atoms in total. The van der Waals surface area contributed by atoms with Crippen LogP contribution < -0.4 is 10.6 Å². The molecule has 0 aromatic rings. The predicted octanol–water partition coefficient (Wildman–Crippen LogP) is 0.509.